The highest BCUT2D eigenvalue weighted by molar-refractivity contribution is 5.90. The second-order valence-corrected chi connectivity index (χ2v) is 9.32. The number of aromatic nitrogens is 1. The van der Waals surface area contributed by atoms with Gasteiger partial charge >= 0.3 is 0 Å². The summed E-state index contributed by atoms with van der Waals surface area (Å²) in [6.07, 6.45) is 4.39. The number of carbonyl (C=O) groups is 3. The fraction of sp³-hybridized carbons (Fsp3) is 0.481. The molecule has 36 heavy (non-hydrogen) atoms. The Morgan fingerprint density at radius 3 is 2.78 bits per heavy atom. The number of ketones is 1. The Balaban J connectivity index is 1.39. The van der Waals surface area contributed by atoms with Gasteiger partial charge in [-0.05, 0) is 42.7 Å². The predicted octanol–water partition coefficient (Wildman–Crippen LogP) is 2.44. The topological polar surface area (TPSA) is 98.3 Å². The fourth-order valence-electron chi connectivity index (χ4n) is 4.84. The Bertz CT molecular complexity index is 1090. The van der Waals surface area contributed by atoms with Crippen LogP contribution in [0.5, 0.6) is 11.5 Å². The molecule has 9 nitrogen and oxygen atoms in total. The number of methoxy groups -OCH3 is 1. The van der Waals surface area contributed by atoms with Crippen molar-refractivity contribution in [3.05, 3.63) is 53.9 Å². The molecule has 2 amide bonds. The number of ether oxygens (including phenoxy) is 3. The second kappa shape index (κ2) is 11.5. The maximum atomic E-state index is 13.5. The molecule has 2 aliphatic rings. The van der Waals surface area contributed by atoms with Crippen LogP contribution in [0.25, 0.3) is 0 Å². The molecule has 2 aromatic rings. The zero-order valence-electron chi connectivity index (χ0n) is 21.0. The number of benzene rings is 1. The highest BCUT2D eigenvalue weighted by Gasteiger charge is 2.45. The summed E-state index contributed by atoms with van der Waals surface area (Å²) in [5.74, 6) is 0.746. The minimum Gasteiger partial charge on any atom is -0.493 e. The van der Waals surface area contributed by atoms with Crippen LogP contribution in [0.4, 0.5) is 0 Å². The van der Waals surface area contributed by atoms with Crippen molar-refractivity contribution in [2.45, 2.75) is 38.3 Å². The van der Waals surface area contributed by atoms with Gasteiger partial charge in [-0.25, -0.2) is 0 Å². The van der Waals surface area contributed by atoms with E-state index in [4.69, 9.17) is 14.2 Å². The van der Waals surface area contributed by atoms with Crippen LogP contribution in [-0.2, 0) is 25.5 Å². The quantitative estimate of drug-likeness (QED) is 0.527. The molecule has 0 aliphatic carbocycles. The standard InChI is InChI=1S/C27H33N3O6/c1-18(31)6-7-19-8-9-23(24(13-19)34-3)36-17-21-16-30(11-12-35-21)27(33)22-14-25(32)29(2)26(22)20-5-4-10-28-15-20/h4-5,8-10,13,15,21-22,26H,6-7,11-12,14,16-17H2,1-3H3. The normalized spacial score (nSPS) is 22.0. The maximum absolute atomic E-state index is 13.5. The SMILES string of the molecule is COc1cc(CCC(C)=O)ccc1OCC1CN(C(=O)C2CC(=O)N(C)C2c2cccnc2)CCO1. The summed E-state index contributed by atoms with van der Waals surface area (Å²) in [7, 11) is 3.31. The first-order valence-corrected chi connectivity index (χ1v) is 12.2. The summed E-state index contributed by atoms with van der Waals surface area (Å²) < 4.78 is 17.4. The van der Waals surface area contributed by atoms with Crippen LogP contribution in [-0.4, -0.2) is 78.9 Å². The van der Waals surface area contributed by atoms with E-state index in [2.05, 4.69) is 4.98 Å². The number of hydrogen-bond acceptors (Lipinski definition) is 7. The van der Waals surface area contributed by atoms with Crippen molar-refractivity contribution >= 4 is 17.6 Å². The first-order valence-electron chi connectivity index (χ1n) is 12.2. The zero-order chi connectivity index (χ0) is 25.7. The molecule has 0 saturated carbocycles. The number of Topliss-reactive ketones (excluding diaryl/α,β-unsaturated/α-hetero) is 1. The molecule has 3 unspecified atom stereocenters. The number of morpholine rings is 1. The van der Waals surface area contributed by atoms with Gasteiger partial charge in [0, 0.05) is 38.8 Å². The monoisotopic (exact) mass is 495 g/mol. The van der Waals surface area contributed by atoms with E-state index in [0.29, 0.717) is 44.0 Å². The third kappa shape index (κ3) is 5.84. The number of amides is 2. The van der Waals surface area contributed by atoms with Crippen molar-refractivity contribution in [3.63, 3.8) is 0 Å². The Morgan fingerprint density at radius 1 is 1.22 bits per heavy atom. The molecule has 2 aliphatic heterocycles. The summed E-state index contributed by atoms with van der Waals surface area (Å²) in [4.78, 5) is 44.9. The zero-order valence-corrected chi connectivity index (χ0v) is 21.0. The average molecular weight is 496 g/mol. The van der Waals surface area contributed by atoms with Gasteiger partial charge in [-0.1, -0.05) is 12.1 Å². The molecule has 9 heteroatoms. The minimum absolute atomic E-state index is 0.0470. The number of pyridine rings is 1. The van der Waals surface area contributed by atoms with Crippen molar-refractivity contribution in [3.8, 4) is 11.5 Å². The lowest BCUT2D eigenvalue weighted by atomic mass is 9.93. The molecular formula is C27H33N3O6. The molecule has 0 radical (unpaired) electrons. The van der Waals surface area contributed by atoms with Crippen LogP contribution in [0.15, 0.2) is 42.7 Å². The van der Waals surface area contributed by atoms with Gasteiger partial charge in [-0.15, -0.1) is 0 Å². The van der Waals surface area contributed by atoms with E-state index in [0.717, 1.165) is 11.1 Å². The van der Waals surface area contributed by atoms with Crippen molar-refractivity contribution in [1.29, 1.82) is 0 Å². The maximum Gasteiger partial charge on any atom is 0.228 e. The Morgan fingerprint density at radius 2 is 2.06 bits per heavy atom. The van der Waals surface area contributed by atoms with Crippen molar-refractivity contribution < 1.29 is 28.6 Å². The van der Waals surface area contributed by atoms with Gasteiger partial charge < -0.3 is 28.8 Å². The predicted molar refractivity (Wildman–Crippen MR) is 132 cm³/mol. The molecular weight excluding hydrogens is 462 g/mol. The van der Waals surface area contributed by atoms with E-state index in [1.807, 2.05) is 30.3 Å². The van der Waals surface area contributed by atoms with Gasteiger partial charge in [0.05, 0.1) is 32.2 Å². The van der Waals surface area contributed by atoms with E-state index in [-0.39, 0.29) is 42.8 Å². The van der Waals surface area contributed by atoms with Gasteiger partial charge in [0.15, 0.2) is 11.5 Å². The van der Waals surface area contributed by atoms with Gasteiger partial charge in [0.1, 0.15) is 18.5 Å². The molecule has 0 bridgehead atoms. The second-order valence-electron chi connectivity index (χ2n) is 9.32. The number of carbonyl (C=O) groups excluding carboxylic acids is 3. The lowest BCUT2D eigenvalue weighted by molar-refractivity contribution is -0.145. The largest absolute Gasteiger partial charge is 0.493 e. The lowest BCUT2D eigenvalue weighted by Gasteiger charge is -2.35. The molecule has 1 aromatic carbocycles. The fourth-order valence-corrected chi connectivity index (χ4v) is 4.84. The third-order valence-corrected chi connectivity index (χ3v) is 6.80. The number of aryl methyl sites for hydroxylation is 1. The van der Waals surface area contributed by atoms with Crippen LogP contribution in [0.2, 0.25) is 0 Å². The molecule has 0 spiro atoms. The Labute approximate surface area is 211 Å². The number of likely N-dealkylation sites (tertiary alicyclic amines) is 1. The minimum atomic E-state index is -0.464. The highest BCUT2D eigenvalue weighted by atomic mass is 16.5. The Kier molecular flexibility index (Phi) is 8.20. The first kappa shape index (κ1) is 25.6. The van der Waals surface area contributed by atoms with Gasteiger partial charge in [0.25, 0.3) is 0 Å². The summed E-state index contributed by atoms with van der Waals surface area (Å²) in [5, 5.41) is 0. The average Bonchev–Trinajstić information content (AvgIpc) is 3.20. The molecule has 3 heterocycles. The van der Waals surface area contributed by atoms with Crippen LogP contribution < -0.4 is 9.47 Å². The summed E-state index contributed by atoms with van der Waals surface area (Å²) in [6, 6.07) is 9.02. The van der Waals surface area contributed by atoms with Gasteiger partial charge in [0.2, 0.25) is 11.8 Å². The van der Waals surface area contributed by atoms with E-state index in [9.17, 15) is 14.4 Å². The van der Waals surface area contributed by atoms with E-state index >= 15 is 0 Å². The molecule has 2 fully saturated rings. The number of hydrogen-bond donors (Lipinski definition) is 0. The summed E-state index contributed by atoms with van der Waals surface area (Å²) >= 11 is 0. The van der Waals surface area contributed by atoms with Crippen LogP contribution in [0.1, 0.15) is 36.9 Å². The van der Waals surface area contributed by atoms with Crippen LogP contribution in [0, 0.1) is 5.92 Å². The molecule has 1 aromatic heterocycles. The molecule has 4 rings (SSSR count). The van der Waals surface area contributed by atoms with Gasteiger partial charge in [-0.2, -0.15) is 0 Å². The molecule has 0 N–H and O–H groups in total. The van der Waals surface area contributed by atoms with Crippen LogP contribution >= 0.6 is 0 Å². The molecule has 192 valence electrons. The smallest absolute Gasteiger partial charge is 0.228 e. The Hall–Kier alpha value is -3.46. The summed E-state index contributed by atoms with van der Waals surface area (Å²) in [5.41, 5.74) is 1.86. The van der Waals surface area contributed by atoms with Crippen molar-refractivity contribution in [1.82, 2.24) is 14.8 Å². The van der Waals surface area contributed by atoms with E-state index < -0.39 is 5.92 Å². The first-order chi connectivity index (χ1) is 17.4. The van der Waals surface area contributed by atoms with Crippen LogP contribution in [0.3, 0.4) is 0 Å². The molecule has 2 saturated heterocycles. The van der Waals surface area contributed by atoms with E-state index in [1.54, 1.807) is 43.3 Å². The number of rotatable bonds is 9. The van der Waals surface area contributed by atoms with E-state index in [1.165, 1.54) is 0 Å². The highest BCUT2D eigenvalue weighted by Crippen LogP contribution is 2.38. The van der Waals surface area contributed by atoms with Gasteiger partial charge in [-0.3, -0.25) is 14.6 Å². The number of nitrogens with zero attached hydrogens (tertiary/aromatic N) is 3. The van der Waals surface area contributed by atoms with Crippen molar-refractivity contribution in [2.24, 2.45) is 5.92 Å². The lowest BCUT2D eigenvalue weighted by Crippen LogP contribution is -2.50. The summed E-state index contributed by atoms with van der Waals surface area (Å²) in [6.45, 7) is 3.08. The molecule has 3 atom stereocenters. The van der Waals surface area contributed by atoms with Crippen molar-refractivity contribution in [2.75, 3.05) is 40.5 Å². The third-order valence-electron chi connectivity index (χ3n) is 6.80.